The molecule has 0 saturated carbocycles. The fourth-order valence-corrected chi connectivity index (χ4v) is 5.10. The van der Waals surface area contributed by atoms with Gasteiger partial charge in [0.1, 0.15) is 4.34 Å². The van der Waals surface area contributed by atoms with Gasteiger partial charge in [0, 0.05) is 30.7 Å². The van der Waals surface area contributed by atoms with Gasteiger partial charge in [0.05, 0.1) is 18.7 Å². The molecule has 1 atom stereocenters. The minimum absolute atomic E-state index is 0.140. The molecule has 1 N–H and O–H groups in total. The number of nitriles is 1. The van der Waals surface area contributed by atoms with Crippen LogP contribution in [0.4, 0.5) is 5.69 Å². The number of nitrogens with zero attached hydrogens (tertiary/aromatic N) is 4. The van der Waals surface area contributed by atoms with Crippen molar-refractivity contribution >= 4 is 40.5 Å². The molecule has 0 bridgehead atoms. The van der Waals surface area contributed by atoms with Crippen LogP contribution in [0.1, 0.15) is 27.5 Å². The molecule has 1 aromatic heterocycles. The number of nitrogens with one attached hydrogen (secondary N) is 1. The topological polar surface area (TPSA) is 81.0 Å². The van der Waals surface area contributed by atoms with E-state index in [1.165, 1.54) is 18.4 Å². The minimum atomic E-state index is -0.256. The molecule has 0 spiro atoms. The largest absolute Gasteiger partial charge is 0.493 e. The van der Waals surface area contributed by atoms with E-state index in [0.717, 1.165) is 16.8 Å². The number of methoxy groups -OCH3 is 1. The van der Waals surface area contributed by atoms with Crippen LogP contribution in [0.2, 0.25) is 4.34 Å². The number of para-hydroxylation sites is 1. The second-order valence-electron chi connectivity index (χ2n) is 7.80. The number of hydrogen-bond acceptors (Lipinski definition) is 5. The quantitative estimate of drug-likeness (QED) is 0.308. The van der Waals surface area contributed by atoms with Crippen LogP contribution in [0.15, 0.2) is 65.0 Å². The number of aryl methyl sites for hydroxylation is 1. The van der Waals surface area contributed by atoms with E-state index in [1.54, 1.807) is 5.38 Å². The molecule has 9 heteroatoms. The van der Waals surface area contributed by atoms with Crippen LogP contribution >= 0.6 is 22.9 Å². The molecule has 3 aromatic rings. The number of guanidine groups is 1. The Labute approximate surface area is 207 Å². The first kappa shape index (κ1) is 23.6. The van der Waals surface area contributed by atoms with Crippen LogP contribution in [0.5, 0.6) is 5.75 Å². The second-order valence-corrected chi connectivity index (χ2v) is 9.28. The molecular weight excluding hydrogens is 470 g/mol. The van der Waals surface area contributed by atoms with Crippen LogP contribution in [0, 0.1) is 18.4 Å². The van der Waals surface area contributed by atoms with Gasteiger partial charge in [-0.3, -0.25) is 4.79 Å². The molecule has 0 aliphatic carbocycles. The summed E-state index contributed by atoms with van der Waals surface area (Å²) >= 11 is 7.51. The zero-order valence-corrected chi connectivity index (χ0v) is 20.4. The first-order valence-electron chi connectivity index (χ1n) is 10.7. The average Bonchev–Trinajstić information content (AvgIpc) is 3.25. The summed E-state index contributed by atoms with van der Waals surface area (Å²) in [6.45, 7) is 3.41. The van der Waals surface area contributed by atoms with E-state index in [1.807, 2.05) is 77.5 Å². The highest BCUT2D eigenvalue weighted by Gasteiger charge is 2.35. The monoisotopic (exact) mass is 493 g/mol. The summed E-state index contributed by atoms with van der Waals surface area (Å²) < 4.78 is 5.84. The Balaban J connectivity index is 1.65. The molecule has 0 radical (unpaired) electrons. The Kier molecular flexibility index (Phi) is 7.36. The molecule has 1 saturated heterocycles. The van der Waals surface area contributed by atoms with E-state index in [4.69, 9.17) is 16.3 Å². The van der Waals surface area contributed by atoms with Crippen LogP contribution in [-0.4, -0.2) is 48.4 Å². The Morgan fingerprint density at radius 1 is 1.21 bits per heavy atom. The van der Waals surface area contributed by atoms with Crippen LogP contribution in [-0.2, 0) is 0 Å². The molecule has 2 aromatic carbocycles. The third-order valence-corrected chi connectivity index (χ3v) is 7.00. The van der Waals surface area contributed by atoms with Crippen molar-refractivity contribution in [2.24, 2.45) is 4.99 Å². The molecule has 7 nitrogen and oxygen atoms in total. The lowest BCUT2D eigenvalue weighted by atomic mass is 10.0. The maximum absolute atomic E-state index is 13.6. The number of anilines is 1. The number of thiophene rings is 1. The number of rotatable bonds is 4. The summed E-state index contributed by atoms with van der Waals surface area (Å²) in [5.74, 6) is 0.721. The minimum Gasteiger partial charge on any atom is -0.493 e. The van der Waals surface area contributed by atoms with E-state index in [0.29, 0.717) is 41.2 Å². The molecule has 4 rings (SSSR count). The number of ether oxygens (including phenoxy) is 1. The van der Waals surface area contributed by atoms with E-state index >= 15 is 0 Å². The number of hydrogen-bond donors (Lipinski definition) is 1. The molecule has 174 valence electrons. The van der Waals surface area contributed by atoms with E-state index in [2.05, 4.69) is 10.3 Å². The van der Waals surface area contributed by atoms with Gasteiger partial charge >= 0.3 is 0 Å². The zero-order chi connectivity index (χ0) is 24.1. The van der Waals surface area contributed by atoms with Crippen molar-refractivity contribution in [3.63, 3.8) is 0 Å². The number of halogens is 1. The zero-order valence-electron chi connectivity index (χ0n) is 18.9. The van der Waals surface area contributed by atoms with Crippen molar-refractivity contribution in [2.75, 3.05) is 32.1 Å². The van der Waals surface area contributed by atoms with Gasteiger partial charge in [0.15, 0.2) is 5.75 Å². The van der Waals surface area contributed by atoms with Gasteiger partial charge < -0.3 is 19.9 Å². The highest BCUT2D eigenvalue weighted by Crippen LogP contribution is 2.37. The Hall–Kier alpha value is -3.54. The predicted molar refractivity (Wildman–Crippen MR) is 136 cm³/mol. The number of carbonyl (C=O) groups is 1. The number of amides is 1. The number of benzene rings is 2. The van der Waals surface area contributed by atoms with Gasteiger partial charge in [-0.25, -0.2) is 0 Å². The fourth-order valence-electron chi connectivity index (χ4n) is 4.05. The van der Waals surface area contributed by atoms with Crippen molar-refractivity contribution in [3.05, 3.63) is 81.0 Å². The van der Waals surface area contributed by atoms with Crippen molar-refractivity contribution in [1.82, 2.24) is 9.80 Å². The van der Waals surface area contributed by atoms with Crippen LogP contribution < -0.4 is 10.1 Å². The Morgan fingerprint density at radius 3 is 2.65 bits per heavy atom. The van der Waals surface area contributed by atoms with Gasteiger partial charge in [-0.2, -0.15) is 5.26 Å². The van der Waals surface area contributed by atoms with E-state index in [-0.39, 0.29) is 11.9 Å². The van der Waals surface area contributed by atoms with Gasteiger partial charge in [0.25, 0.3) is 5.91 Å². The standard InChI is InChI=1S/C25H24ClN5O2S/c1-17-8-6-7-11-20(17)29-25(28-16-27)30-12-13-31(21(14-30)18-9-4-3-5-10-18)24(32)19-15-34-23(26)22(19)33-2/h3-11,15,21H,12-14H2,1-2H3,(H,28,29). The second kappa shape index (κ2) is 10.6. The van der Waals surface area contributed by atoms with E-state index in [9.17, 15) is 10.1 Å². The normalized spacial score (nSPS) is 16.2. The molecule has 34 heavy (non-hydrogen) atoms. The summed E-state index contributed by atoms with van der Waals surface area (Å²) in [5, 5.41) is 14.4. The summed E-state index contributed by atoms with van der Waals surface area (Å²) in [7, 11) is 1.51. The van der Waals surface area contributed by atoms with Gasteiger partial charge in [-0.05, 0) is 24.1 Å². The molecule has 2 heterocycles. The van der Waals surface area contributed by atoms with Crippen molar-refractivity contribution in [2.45, 2.75) is 13.0 Å². The van der Waals surface area contributed by atoms with Crippen LogP contribution in [0.25, 0.3) is 0 Å². The summed E-state index contributed by atoms with van der Waals surface area (Å²) in [5.41, 5.74) is 3.37. The maximum atomic E-state index is 13.6. The maximum Gasteiger partial charge on any atom is 0.259 e. The number of aliphatic imine (C=N–C) groups is 1. The molecule has 1 unspecified atom stereocenters. The van der Waals surface area contributed by atoms with Crippen LogP contribution in [0.3, 0.4) is 0 Å². The molecule has 1 amide bonds. The van der Waals surface area contributed by atoms with Crippen molar-refractivity contribution in [1.29, 1.82) is 5.26 Å². The first-order valence-corrected chi connectivity index (χ1v) is 12.0. The summed E-state index contributed by atoms with van der Waals surface area (Å²) in [4.78, 5) is 21.5. The average molecular weight is 494 g/mol. The smallest absolute Gasteiger partial charge is 0.259 e. The van der Waals surface area contributed by atoms with Gasteiger partial charge in [0.2, 0.25) is 12.2 Å². The summed E-state index contributed by atoms with van der Waals surface area (Å²) in [6.07, 6.45) is 1.91. The fraction of sp³-hybridized carbons (Fsp3) is 0.240. The predicted octanol–water partition coefficient (Wildman–Crippen LogP) is 5.17. The lowest BCUT2D eigenvalue weighted by Crippen LogP contribution is -2.53. The lowest BCUT2D eigenvalue weighted by Gasteiger charge is -2.42. The first-order chi connectivity index (χ1) is 16.5. The summed E-state index contributed by atoms with van der Waals surface area (Å²) in [6, 6.07) is 17.4. The molecular formula is C25H24ClN5O2S. The Morgan fingerprint density at radius 2 is 1.94 bits per heavy atom. The molecule has 1 aliphatic heterocycles. The lowest BCUT2D eigenvalue weighted by molar-refractivity contribution is 0.0548. The highest BCUT2D eigenvalue weighted by molar-refractivity contribution is 7.15. The SMILES string of the molecule is COc1c(C(=O)N2CCN(/C(=N\C#N)Nc3ccccc3C)CC2c2ccccc2)csc1Cl. The van der Waals surface area contributed by atoms with E-state index < -0.39 is 0 Å². The third kappa shape index (κ3) is 4.86. The highest BCUT2D eigenvalue weighted by atomic mass is 35.5. The number of piperazine rings is 1. The van der Waals surface area contributed by atoms with Crippen molar-refractivity contribution in [3.8, 4) is 11.9 Å². The number of carbonyl (C=O) groups excluding carboxylic acids is 1. The molecule has 1 fully saturated rings. The third-order valence-electron chi connectivity index (χ3n) is 5.81. The molecule has 1 aliphatic rings. The Bertz CT molecular complexity index is 1240. The van der Waals surface area contributed by atoms with Gasteiger partial charge in [-0.15, -0.1) is 16.3 Å². The van der Waals surface area contributed by atoms with Gasteiger partial charge in [-0.1, -0.05) is 60.1 Å². The van der Waals surface area contributed by atoms with Crippen molar-refractivity contribution < 1.29 is 9.53 Å².